The second kappa shape index (κ2) is 3.89. The summed E-state index contributed by atoms with van der Waals surface area (Å²) in [6.07, 6.45) is 2.27. The van der Waals surface area contributed by atoms with Gasteiger partial charge in [0.05, 0.1) is 10.0 Å². The summed E-state index contributed by atoms with van der Waals surface area (Å²) in [6.45, 7) is 0. The van der Waals surface area contributed by atoms with Gasteiger partial charge in [-0.2, -0.15) is 0 Å². The lowest BCUT2D eigenvalue weighted by Gasteiger charge is -2.00. The average Bonchev–Trinajstić information content (AvgIpc) is 2.29. The molecule has 16 heavy (non-hydrogen) atoms. The van der Waals surface area contributed by atoms with E-state index in [4.69, 9.17) is 0 Å². The molecule has 0 N–H and O–H groups in total. The third-order valence-corrected chi connectivity index (χ3v) is 1.95. The molecule has 2 rings (SSSR count). The molecule has 0 spiro atoms. The Kier molecular flexibility index (Phi) is 2.42. The van der Waals surface area contributed by atoms with Gasteiger partial charge in [0.15, 0.2) is 5.69 Å². The molecule has 0 bridgehead atoms. The molecule has 7 nitrogen and oxygen atoms in total. The van der Waals surface area contributed by atoms with Gasteiger partial charge in [0, 0.05) is 17.7 Å². The number of nitro groups is 1. The van der Waals surface area contributed by atoms with E-state index in [2.05, 4.69) is 10.2 Å². The maximum Gasteiger partial charge on any atom is 0.317 e. The molecule has 0 atom stereocenters. The fraction of sp³-hybridized carbons (Fsp3) is 0. The molecule has 0 amide bonds. The van der Waals surface area contributed by atoms with Gasteiger partial charge in [-0.25, -0.2) is 4.73 Å². The van der Waals surface area contributed by atoms with Gasteiger partial charge in [0.1, 0.15) is 6.20 Å². The van der Waals surface area contributed by atoms with Crippen LogP contribution in [-0.4, -0.2) is 15.1 Å². The highest BCUT2D eigenvalue weighted by Crippen LogP contribution is 2.18. The highest BCUT2D eigenvalue weighted by Gasteiger charge is 2.08. The first kappa shape index (κ1) is 9.97. The summed E-state index contributed by atoms with van der Waals surface area (Å²) in [7, 11) is 0. The van der Waals surface area contributed by atoms with E-state index in [1.165, 1.54) is 30.5 Å². The normalized spacial score (nSPS) is 10.0. The Morgan fingerprint density at radius 2 is 1.94 bits per heavy atom. The van der Waals surface area contributed by atoms with Gasteiger partial charge in [-0.3, -0.25) is 10.1 Å². The summed E-state index contributed by atoms with van der Waals surface area (Å²) in [5, 5.41) is 28.6. The zero-order valence-corrected chi connectivity index (χ0v) is 7.98. The summed E-state index contributed by atoms with van der Waals surface area (Å²) in [6, 6.07) is 5.72. The molecule has 1 aromatic heterocycles. The van der Waals surface area contributed by atoms with Crippen LogP contribution in [0, 0.1) is 15.3 Å². The molecule has 0 saturated carbocycles. The largest absolute Gasteiger partial charge is 0.711 e. The molecular weight excluding hydrogens is 212 g/mol. The molecule has 0 aliphatic rings. The van der Waals surface area contributed by atoms with Crippen LogP contribution in [0.1, 0.15) is 0 Å². The fourth-order valence-corrected chi connectivity index (χ4v) is 1.20. The lowest BCUT2D eigenvalue weighted by atomic mass is 10.1. The maximum atomic E-state index is 10.9. The molecule has 0 fully saturated rings. The Morgan fingerprint density at radius 3 is 2.50 bits per heavy atom. The number of nitrogens with zero attached hydrogens (tertiary/aromatic N) is 4. The van der Waals surface area contributed by atoms with Crippen molar-refractivity contribution in [3.63, 3.8) is 0 Å². The van der Waals surface area contributed by atoms with E-state index in [-0.39, 0.29) is 5.69 Å². The number of non-ortho nitro benzene ring substituents is 1. The van der Waals surface area contributed by atoms with Crippen molar-refractivity contribution in [3.8, 4) is 11.3 Å². The van der Waals surface area contributed by atoms with Gasteiger partial charge < -0.3 is 5.21 Å². The third kappa shape index (κ3) is 1.92. The van der Waals surface area contributed by atoms with Crippen LogP contribution in [0.2, 0.25) is 0 Å². The average molecular weight is 218 g/mol. The van der Waals surface area contributed by atoms with Gasteiger partial charge in [-0.15, -0.1) is 0 Å². The molecule has 7 heteroatoms. The predicted octanol–water partition coefficient (Wildman–Crippen LogP) is 0.685. The van der Waals surface area contributed by atoms with Crippen molar-refractivity contribution in [1.29, 1.82) is 0 Å². The van der Waals surface area contributed by atoms with E-state index in [1.54, 1.807) is 0 Å². The molecule has 80 valence electrons. The number of benzene rings is 1. The van der Waals surface area contributed by atoms with Crippen LogP contribution in [-0.2, 0) is 0 Å². The van der Waals surface area contributed by atoms with Crippen LogP contribution in [0.15, 0.2) is 36.8 Å². The minimum absolute atomic E-state index is 0.0114. The van der Waals surface area contributed by atoms with E-state index in [0.29, 0.717) is 16.0 Å². The molecule has 0 saturated heterocycles. The molecule has 0 radical (unpaired) electrons. The highest BCUT2D eigenvalue weighted by atomic mass is 16.6. The van der Waals surface area contributed by atoms with Crippen LogP contribution in [0.4, 0.5) is 5.69 Å². The van der Waals surface area contributed by atoms with Crippen LogP contribution in [0.3, 0.4) is 0 Å². The van der Waals surface area contributed by atoms with Crippen molar-refractivity contribution >= 4 is 5.69 Å². The van der Waals surface area contributed by atoms with E-state index in [1.807, 2.05) is 0 Å². The molecule has 1 heterocycles. The number of hydrogen-bond acceptors (Lipinski definition) is 5. The van der Waals surface area contributed by atoms with Gasteiger partial charge in [0.2, 0.25) is 0 Å². The quantitative estimate of drug-likeness (QED) is 0.319. The second-order valence-corrected chi connectivity index (χ2v) is 3.01. The van der Waals surface area contributed by atoms with E-state index < -0.39 is 4.92 Å². The fourth-order valence-electron chi connectivity index (χ4n) is 1.20. The first-order chi connectivity index (χ1) is 7.66. The summed E-state index contributed by atoms with van der Waals surface area (Å²) in [4.78, 5) is 9.93. The SMILES string of the molecule is O=[N+]([O-])c1ccc(-c2c[n+]([O-])cnn2)cc1. The van der Waals surface area contributed by atoms with Crippen molar-refractivity contribution in [1.82, 2.24) is 10.2 Å². The first-order valence-electron chi connectivity index (χ1n) is 4.33. The molecule has 1 aromatic carbocycles. The summed E-state index contributed by atoms with van der Waals surface area (Å²) in [5.74, 6) is 0. The summed E-state index contributed by atoms with van der Waals surface area (Å²) < 4.78 is 0.518. The standard InChI is InChI=1S/C9H6N4O3/c14-12-5-9(11-10-6-12)7-1-3-8(4-2-7)13(15)16/h1-6H. The molecule has 0 unspecified atom stereocenters. The van der Waals surface area contributed by atoms with Crippen LogP contribution >= 0.6 is 0 Å². The van der Waals surface area contributed by atoms with Crippen LogP contribution in [0.25, 0.3) is 11.3 Å². The molecule has 0 aliphatic heterocycles. The lowest BCUT2D eigenvalue weighted by Crippen LogP contribution is -2.26. The van der Waals surface area contributed by atoms with Crippen molar-refractivity contribution in [3.05, 3.63) is 52.1 Å². The highest BCUT2D eigenvalue weighted by molar-refractivity contribution is 5.58. The van der Waals surface area contributed by atoms with E-state index in [0.717, 1.165) is 6.33 Å². The second-order valence-electron chi connectivity index (χ2n) is 3.01. The third-order valence-electron chi connectivity index (χ3n) is 1.95. The van der Waals surface area contributed by atoms with E-state index in [9.17, 15) is 15.3 Å². The zero-order valence-electron chi connectivity index (χ0n) is 7.98. The smallest absolute Gasteiger partial charge is 0.317 e. The van der Waals surface area contributed by atoms with Crippen LogP contribution in [0.5, 0.6) is 0 Å². The van der Waals surface area contributed by atoms with Crippen LogP contribution < -0.4 is 4.73 Å². The number of hydrogen-bond donors (Lipinski definition) is 0. The van der Waals surface area contributed by atoms with Crippen molar-refractivity contribution in [2.75, 3.05) is 0 Å². The van der Waals surface area contributed by atoms with Gasteiger partial charge >= 0.3 is 6.33 Å². The molecular formula is C9H6N4O3. The van der Waals surface area contributed by atoms with Crippen molar-refractivity contribution in [2.45, 2.75) is 0 Å². The topological polar surface area (TPSA) is 95.9 Å². The Labute approximate surface area is 89.7 Å². The van der Waals surface area contributed by atoms with Crippen molar-refractivity contribution in [2.24, 2.45) is 0 Å². The first-order valence-corrected chi connectivity index (χ1v) is 4.33. The van der Waals surface area contributed by atoms with Crippen molar-refractivity contribution < 1.29 is 9.65 Å². The van der Waals surface area contributed by atoms with Gasteiger partial charge in [-0.05, 0) is 17.2 Å². The van der Waals surface area contributed by atoms with Gasteiger partial charge in [0.25, 0.3) is 5.69 Å². The monoisotopic (exact) mass is 218 g/mol. The Balaban J connectivity index is 2.38. The number of rotatable bonds is 2. The number of aromatic nitrogens is 3. The minimum Gasteiger partial charge on any atom is -0.711 e. The lowest BCUT2D eigenvalue weighted by molar-refractivity contribution is -0.609. The predicted molar refractivity (Wildman–Crippen MR) is 53.1 cm³/mol. The number of nitro benzene ring substituents is 1. The Hall–Kier alpha value is -2.57. The molecule has 2 aromatic rings. The van der Waals surface area contributed by atoms with Gasteiger partial charge in [-0.1, -0.05) is 0 Å². The minimum atomic E-state index is -0.492. The summed E-state index contributed by atoms with van der Waals surface area (Å²) >= 11 is 0. The Bertz CT molecular complexity index is 527. The molecule has 0 aliphatic carbocycles. The van der Waals surface area contributed by atoms with E-state index >= 15 is 0 Å². The Morgan fingerprint density at radius 1 is 1.25 bits per heavy atom. The zero-order chi connectivity index (χ0) is 11.5. The maximum absolute atomic E-state index is 10.9. The summed E-state index contributed by atoms with van der Waals surface area (Å²) in [5.41, 5.74) is 0.957.